The summed E-state index contributed by atoms with van der Waals surface area (Å²) in [5.41, 5.74) is 2.26. The molecule has 9 heteroatoms. The van der Waals surface area contributed by atoms with E-state index in [1.165, 1.54) is 0 Å². The summed E-state index contributed by atoms with van der Waals surface area (Å²) in [5, 5.41) is 14.4. The number of carboxylic acid groups (broad SMARTS) is 1. The summed E-state index contributed by atoms with van der Waals surface area (Å²) in [4.78, 5) is 24.8. The first kappa shape index (κ1) is 18.7. The van der Waals surface area contributed by atoms with Gasteiger partial charge in [-0.3, -0.25) is 14.5 Å². The number of hydrogen-bond donors (Lipinski definition) is 1. The van der Waals surface area contributed by atoms with Crippen LogP contribution in [-0.4, -0.2) is 37.9 Å². The summed E-state index contributed by atoms with van der Waals surface area (Å²) in [6.07, 6.45) is 1.68. The first-order chi connectivity index (χ1) is 13.4. The SMILES string of the molecule is O=C(O)CN1C(=O)/C(=C\c2ccc3noc(-c4ccc(Cl)cc4)c3c2)SC1=S. The number of aromatic nitrogens is 1. The van der Waals surface area contributed by atoms with E-state index < -0.39 is 18.4 Å². The van der Waals surface area contributed by atoms with E-state index in [-0.39, 0.29) is 4.32 Å². The standard InChI is InChI=1S/C19H11ClN2O4S2/c20-12-4-2-11(3-5-12)17-13-7-10(1-6-14(13)21-26-17)8-15-18(25)22(9-16(23)24)19(27)28-15/h1-8H,9H2,(H,23,24)/b15-8+. The molecule has 2 heterocycles. The van der Waals surface area contributed by atoms with Crippen LogP contribution < -0.4 is 0 Å². The molecule has 2 aromatic carbocycles. The minimum Gasteiger partial charge on any atom is -0.480 e. The van der Waals surface area contributed by atoms with E-state index in [1.807, 2.05) is 18.2 Å². The fourth-order valence-corrected chi connectivity index (χ4v) is 4.16. The highest BCUT2D eigenvalue weighted by Gasteiger charge is 2.33. The molecule has 0 unspecified atom stereocenters. The zero-order chi connectivity index (χ0) is 19.8. The zero-order valence-electron chi connectivity index (χ0n) is 14.1. The summed E-state index contributed by atoms with van der Waals surface area (Å²) in [5.74, 6) is -0.933. The number of thiocarbonyl (C=S) groups is 1. The van der Waals surface area contributed by atoms with E-state index in [0.29, 0.717) is 21.2 Å². The van der Waals surface area contributed by atoms with Gasteiger partial charge in [-0.05, 0) is 48.0 Å². The van der Waals surface area contributed by atoms with Crippen molar-refractivity contribution in [1.82, 2.24) is 10.1 Å². The van der Waals surface area contributed by atoms with Crippen molar-refractivity contribution >= 4 is 68.8 Å². The first-order valence-corrected chi connectivity index (χ1v) is 9.65. The molecule has 1 aliphatic rings. The van der Waals surface area contributed by atoms with Crippen molar-refractivity contribution in [2.75, 3.05) is 6.54 Å². The Labute approximate surface area is 173 Å². The molecule has 1 fully saturated rings. The number of carbonyl (C=O) groups excluding carboxylic acids is 1. The summed E-state index contributed by atoms with van der Waals surface area (Å²) in [6.45, 7) is -0.451. The second-order valence-corrected chi connectivity index (χ2v) is 8.07. The van der Waals surface area contributed by atoms with Crippen molar-refractivity contribution in [3.63, 3.8) is 0 Å². The van der Waals surface area contributed by atoms with Crippen LogP contribution in [-0.2, 0) is 9.59 Å². The summed E-state index contributed by atoms with van der Waals surface area (Å²) < 4.78 is 5.71. The normalized spacial score (nSPS) is 15.8. The van der Waals surface area contributed by atoms with Crippen molar-refractivity contribution in [3.8, 4) is 11.3 Å². The Bertz CT molecular complexity index is 1150. The first-order valence-electron chi connectivity index (χ1n) is 8.05. The maximum atomic E-state index is 12.4. The van der Waals surface area contributed by atoms with Gasteiger partial charge in [-0.15, -0.1) is 0 Å². The Balaban J connectivity index is 1.70. The molecule has 28 heavy (non-hydrogen) atoms. The zero-order valence-corrected chi connectivity index (χ0v) is 16.5. The smallest absolute Gasteiger partial charge is 0.323 e. The molecular formula is C19H11ClN2O4S2. The van der Waals surface area contributed by atoms with E-state index in [2.05, 4.69) is 5.16 Å². The molecule has 1 aliphatic heterocycles. The van der Waals surface area contributed by atoms with Crippen molar-refractivity contribution in [2.45, 2.75) is 0 Å². The van der Waals surface area contributed by atoms with Gasteiger partial charge in [0.1, 0.15) is 16.4 Å². The minimum absolute atomic E-state index is 0.228. The summed E-state index contributed by atoms with van der Waals surface area (Å²) in [7, 11) is 0. The van der Waals surface area contributed by atoms with Gasteiger partial charge in [-0.25, -0.2) is 0 Å². The monoisotopic (exact) mass is 430 g/mol. The second kappa shape index (κ2) is 7.38. The molecule has 4 rings (SSSR count). The Morgan fingerprint density at radius 2 is 2.04 bits per heavy atom. The van der Waals surface area contributed by atoms with Gasteiger partial charge in [-0.1, -0.05) is 46.8 Å². The lowest BCUT2D eigenvalue weighted by Gasteiger charge is -2.10. The molecule has 1 saturated heterocycles. The molecule has 0 saturated carbocycles. The van der Waals surface area contributed by atoms with Gasteiger partial charge in [0.05, 0.1) is 10.3 Å². The average Bonchev–Trinajstić information content (AvgIpc) is 3.18. The van der Waals surface area contributed by atoms with Crippen molar-refractivity contribution in [1.29, 1.82) is 0 Å². The number of thioether (sulfide) groups is 1. The third-order valence-electron chi connectivity index (χ3n) is 4.07. The number of fused-ring (bicyclic) bond motifs is 1. The van der Waals surface area contributed by atoms with E-state index in [0.717, 1.165) is 33.2 Å². The number of carboxylic acids is 1. The number of aliphatic carboxylic acids is 1. The van der Waals surface area contributed by atoms with Crippen molar-refractivity contribution in [2.24, 2.45) is 0 Å². The molecule has 0 aliphatic carbocycles. The van der Waals surface area contributed by atoms with Crippen LogP contribution in [0.2, 0.25) is 5.02 Å². The van der Waals surface area contributed by atoms with Gasteiger partial charge in [0, 0.05) is 10.6 Å². The number of rotatable bonds is 4. The number of hydrogen-bond acceptors (Lipinski definition) is 6. The predicted molar refractivity (Wildman–Crippen MR) is 112 cm³/mol. The quantitative estimate of drug-likeness (QED) is 0.484. The fraction of sp³-hybridized carbons (Fsp3) is 0.0526. The summed E-state index contributed by atoms with van der Waals surface area (Å²) >= 11 is 12.1. The number of nitrogens with zero attached hydrogens (tertiary/aromatic N) is 2. The van der Waals surface area contributed by atoms with Gasteiger partial charge >= 0.3 is 5.97 Å². The Hall–Kier alpha value is -2.68. The molecule has 0 spiro atoms. The van der Waals surface area contributed by atoms with Crippen LogP contribution in [0.25, 0.3) is 28.3 Å². The molecule has 1 amide bonds. The number of halogens is 1. The molecule has 6 nitrogen and oxygen atoms in total. The van der Waals surface area contributed by atoms with E-state index in [9.17, 15) is 9.59 Å². The minimum atomic E-state index is -1.11. The highest BCUT2D eigenvalue weighted by molar-refractivity contribution is 8.26. The topological polar surface area (TPSA) is 83.6 Å². The van der Waals surface area contributed by atoms with Crippen LogP contribution in [0.4, 0.5) is 0 Å². The van der Waals surface area contributed by atoms with E-state index >= 15 is 0 Å². The lowest BCUT2D eigenvalue weighted by molar-refractivity contribution is -0.140. The predicted octanol–water partition coefficient (Wildman–Crippen LogP) is 4.43. The maximum absolute atomic E-state index is 12.4. The average molecular weight is 431 g/mol. The lowest BCUT2D eigenvalue weighted by Crippen LogP contribution is -2.33. The van der Waals surface area contributed by atoms with Gasteiger partial charge in [0.25, 0.3) is 5.91 Å². The molecule has 3 aromatic rings. The maximum Gasteiger partial charge on any atom is 0.323 e. The molecule has 1 N–H and O–H groups in total. The molecule has 0 radical (unpaired) electrons. The van der Waals surface area contributed by atoms with E-state index in [1.54, 1.807) is 30.3 Å². The number of amides is 1. The Morgan fingerprint density at radius 1 is 1.29 bits per heavy atom. The molecule has 140 valence electrons. The number of benzene rings is 2. The lowest BCUT2D eigenvalue weighted by atomic mass is 10.1. The molecule has 0 atom stereocenters. The summed E-state index contributed by atoms with van der Waals surface area (Å²) in [6, 6.07) is 12.7. The van der Waals surface area contributed by atoms with Crippen LogP contribution in [0.3, 0.4) is 0 Å². The van der Waals surface area contributed by atoms with Crippen molar-refractivity contribution < 1.29 is 19.2 Å². The third-order valence-corrected chi connectivity index (χ3v) is 5.70. The van der Waals surface area contributed by atoms with E-state index in [4.69, 9.17) is 33.4 Å². The fourth-order valence-electron chi connectivity index (χ4n) is 2.78. The molecule has 0 bridgehead atoms. The molecular weight excluding hydrogens is 420 g/mol. The van der Waals surface area contributed by atoms with Crippen LogP contribution >= 0.6 is 35.6 Å². The van der Waals surface area contributed by atoms with Gasteiger partial charge in [0.2, 0.25) is 0 Å². The van der Waals surface area contributed by atoms with Crippen molar-refractivity contribution in [3.05, 3.63) is 58.0 Å². The van der Waals surface area contributed by atoms with Gasteiger partial charge < -0.3 is 9.63 Å². The van der Waals surface area contributed by atoms with Gasteiger partial charge in [-0.2, -0.15) is 0 Å². The van der Waals surface area contributed by atoms with Crippen LogP contribution in [0.1, 0.15) is 5.56 Å². The van der Waals surface area contributed by atoms with Crippen LogP contribution in [0.15, 0.2) is 51.9 Å². The Morgan fingerprint density at radius 3 is 2.75 bits per heavy atom. The van der Waals surface area contributed by atoms with Crippen LogP contribution in [0.5, 0.6) is 0 Å². The second-order valence-electron chi connectivity index (χ2n) is 5.96. The largest absolute Gasteiger partial charge is 0.480 e. The number of carbonyl (C=O) groups is 2. The third kappa shape index (κ3) is 3.54. The van der Waals surface area contributed by atoms with Gasteiger partial charge in [0.15, 0.2) is 5.76 Å². The highest BCUT2D eigenvalue weighted by Crippen LogP contribution is 2.34. The Kier molecular flexibility index (Phi) is 4.92. The molecule has 1 aromatic heterocycles. The highest BCUT2D eigenvalue weighted by atomic mass is 35.5. The van der Waals surface area contributed by atoms with Crippen LogP contribution in [0, 0.1) is 0 Å².